The number of carboxylic acid groups (broad SMARTS) is 1. The molecule has 2 N–H and O–H groups in total. The summed E-state index contributed by atoms with van der Waals surface area (Å²) in [6.45, 7) is 1.53. The van der Waals surface area contributed by atoms with Gasteiger partial charge in [-0.3, -0.25) is 0 Å². The number of halogens is 1. The second kappa shape index (κ2) is 6.11. The van der Waals surface area contributed by atoms with E-state index in [2.05, 4.69) is 15.9 Å². The molecule has 0 fully saturated rings. The fraction of sp³-hybridized carbons (Fsp3) is 0.444. The Morgan fingerprint density at radius 3 is 2.56 bits per heavy atom. The molecule has 0 bridgehead atoms. The summed E-state index contributed by atoms with van der Waals surface area (Å²) >= 11 is 3.90. The van der Waals surface area contributed by atoms with E-state index in [1.54, 1.807) is 6.92 Å². The molecular weight excluding hydrogens is 346 g/mol. The average Bonchev–Trinajstić information content (AvgIpc) is 2.68. The summed E-state index contributed by atoms with van der Waals surface area (Å²) in [6, 6.07) is 1.12. The van der Waals surface area contributed by atoms with Crippen LogP contribution >= 0.6 is 27.3 Å². The van der Waals surface area contributed by atoms with Crippen LogP contribution in [0.25, 0.3) is 0 Å². The number of aromatic carboxylic acids is 1. The van der Waals surface area contributed by atoms with Crippen molar-refractivity contribution in [1.82, 2.24) is 4.31 Å². The van der Waals surface area contributed by atoms with Crippen molar-refractivity contribution >= 4 is 43.3 Å². The van der Waals surface area contributed by atoms with Gasteiger partial charge < -0.3 is 10.2 Å². The van der Waals surface area contributed by atoms with Gasteiger partial charge in [0.05, 0.1) is 10.4 Å². The van der Waals surface area contributed by atoms with E-state index in [0.29, 0.717) is 0 Å². The van der Waals surface area contributed by atoms with Crippen molar-refractivity contribution in [1.29, 1.82) is 0 Å². The number of likely N-dealkylation sites (N-methyl/N-ethyl adjacent to an activating group) is 1. The maximum Gasteiger partial charge on any atom is 0.345 e. The zero-order valence-corrected chi connectivity index (χ0v) is 12.7. The second-order valence-electron chi connectivity index (χ2n) is 3.27. The molecule has 0 aliphatic carbocycles. The van der Waals surface area contributed by atoms with Crippen LogP contribution in [0.5, 0.6) is 0 Å². The molecule has 0 saturated carbocycles. The third-order valence-electron chi connectivity index (χ3n) is 2.19. The number of hydrogen-bond acceptors (Lipinski definition) is 5. The van der Waals surface area contributed by atoms with Crippen molar-refractivity contribution in [2.75, 3.05) is 19.7 Å². The van der Waals surface area contributed by atoms with E-state index in [1.165, 1.54) is 0 Å². The van der Waals surface area contributed by atoms with E-state index >= 15 is 0 Å². The smallest absolute Gasteiger partial charge is 0.345 e. The van der Waals surface area contributed by atoms with Crippen molar-refractivity contribution in [3.8, 4) is 0 Å². The highest BCUT2D eigenvalue weighted by Gasteiger charge is 2.28. The number of aliphatic hydroxyl groups excluding tert-OH is 1. The molecule has 102 valence electrons. The molecule has 0 unspecified atom stereocenters. The quantitative estimate of drug-likeness (QED) is 0.797. The Hall–Kier alpha value is -0.480. The molecule has 18 heavy (non-hydrogen) atoms. The average molecular weight is 358 g/mol. The highest BCUT2D eigenvalue weighted by Crippen LogP contribution is 2.33. The molecular formula is C9H12BrNO5S2. The van der Waals surface area contributed by atoms with Gasteiger partial charge in [0.15, 0.2) is 0 Å². The fourth-order valence-electron chi connectivity index (χ4n) is 1.33. The Labute approximate surface area is 117 Å². The lowest BCUT2D eigenvalue weighted by atomic mass is 10.5. The Kier molecular flexibility index (Phi) is 5.29. The minimum atomic E-state index is -3.78. The molecule has 0 saturated heterocycles. The van der Waals surface area contributed by atoms with Crippen molar-refractivity contribution in [3.63, 3.8) is 0 Å². The SMILES string of the molecule is CCN(CCO)S(=O)(=O)c1cc(C(=O)O)sc1Br. The minimum Gasteiger partial charge on any atom is -0.477 e. The van der Waals surface area contributed by atoms with Gasteiger partial charge in [0.25, 0.3) is 0 Å². The lowest BCUT2D eigenvalue weighted by molar-refractivity contribution is 0.0702. The third kappa shape index (κ3) is 3.09. The zero-order chi connectivity index (χ0) is 13.9. The molecule has 9 heteroatoms. The van der Waals surface area contributed by atoms with Crippen LogP contribution in [-0.2, 0) is 10.0 Å². The van der Waals surface area contributed by atoms with Gasteiger partial charge in [0.2, 0.25) is 10.0 Å². The van der Waals surface area contributed by atoms with Gasteiger partial charge in [-0.25, -0.2) is 13.2 Å². The number of sulfonamides is 1. The van der Waals surface area contributed by atoms with Gasteiger partial charge in [0.1, 0.15) is 9.77 Å². The summed E-state index contributed by atoms with van der Waals surface area (Å²) in [6.07, 6.45) is 0. The van der Waals surface area contributed by atoms with Crippen LogP contribution in [0, 0.1) is 0 Å². The van der Waals surface area contributed by atoms with Crippen molar-refractivity contribution in [3.05, 3.63) is 14.7 Å². The number of carbonyl (C=O) groups is 1. The van der Waals surface area contributed by atoms with Gasteiger partial charge in [0, 0.05) is 13.1 Å². The third-order valence-corrected chi connectivity index (χ3v) is 6.40. The lowest BCUT2D eigenvalue weighted by Crippen LogP contribution is -2.33. The van der Waals surface area contributed by atoms with Crippen molar-refractivity contribution in [2.45, 2.75) is 11.8 Å². The predicted octanol–water partition coefficient (Wildman–Crippen LogP) is 1.21. The molecule has 1 rings (SSSR count). The summed E-state index contributed by atoms with van der Waals surface area (Å²) in [4.78, 5) is 10.7. The molecule has 0 aliphatic heterocycles. The van der Waals surface area contributed by atoms with Gasteiger partial charge in [-0.05, 0) is 22.0 Å². The highest BCUT2D eigenvalue weighted by atomic mass is 79.9. The molecule has 1 aromatic heterocycles. The topological polar surface area (TPSA) is 94.9 Å². The summed E-state index contributed by atoms with van der Waals surface area (Å²) < 4.78 is 25.8. The molecule has 1 aromatic rings. The number of rotatable bonds is 6. The van der Waals surface area contributed by atoms with Gasteiger partial charge >= 0.3 is 5.97 Å². The van der Waals surface area contributed by atoms with Gasteiger partial charge in [-0.2, -0.15) is 4.31 Å². The van der Waals surface area contributed by atoms with Crippen LogP contribution in [-0.4, -0.2) is 48.6 Å². The van der Waals surface area contributed by atoms with Gasteiger partial charge in [-0.1, -0.05) is 6.92 Å². The van der Waals surface area contributed by atoms with Crippen LogP contribution in [0.2, 0.25) is 0 Å². The number of carboxylic acids is 1. The molecule has 1 heterocycles. The van der Waals surface area contributed by atoms with E-state index in [-0.39, 0.29) is 33.3 Å². The Balaban J connectivity index is 3.23. The molecule has 0 atom stereocenters. The fourth-order valence-corrected chi connectivity index (χ4v) is 5.13. The predicted molar refractivity (Wildman–Crippen MR) is 70.5 cm³/mol. The van der Waals surface area contributed by atoms with Crippen molar-refractivity contribution < 1.29 is 23.4 Å². The van der Waals surface area contributed by atoms with Crippen LogP contribution < -0.4 is 0 Å². The molecule has 0 aliphatic rings. The van der Waals surface area contributed by atoms with Crippen LogP contribution in [0.1, 0.15) is 16.6 Å². The van der Waals surface area contributed by atoms with E-state index in [1.807, 2.05) is 0 Å². The molecule has 0 spiro atoms. The minimum absolute atomic E-state index is 0.0243. The Morgan fingerprint density at radius 1 is 1.56 bits per heavy atom. The summed E-state index contributed by atoms with van der Waals surface area (Å²) in [5, 5.41) is 17.7. The first-order valence-corrected chi connectivity index (χ1v) is 8.03. The Morgan fingerprint density at radius 2 is 2.17 bits per heavy atom. The lowest BCUT2D eigenvalue weighted by Gasteiger charge is -2.18. The normalized spacial score (nSPS) is 12.0. The Bertz CT molecular complexity index is 539. The summed E-state index contributed by atoms with van der Waals surface area (Å²) in [5.74, 6) is -1.17. The molecule has 6 nitrogen and oxygen atoms in total. The maximum atomic E-state index is 12.2. The van der Waals surface area contributed by atoms with Crippen LogP contribution in [0.3, 0.4) is 0 Å². The summed E-state index contributed by atoms with van der Waals surface area (Å²) in [7, 11) is -3.78. The molecule has 0 amide bonds. The number of thiophene rings is 1. The standard InChI is InChI=1S/C9H12BrNO5S2/c1-2-11(3-4-12)18(15,16)7-5-6(9(13)14)17-8(7)10/h5,12H,2-4H2,1H3,(H,13,14). The van der Waals surface area contributed by atoms with E-state index in [4.69, 9.17) is 10.2 Å². The van der Waals surface area contributed by atoms with Crippen LogP contribution in [0.4, 0.5) is 0 Å². The van der Waals surface area contributed by atoms with Crippen LogP contribution in [0.15, 0.2) is 14.7 Å². The van der Waals surface area contributed by atoms with E-state index in [9.17, 15) is 13.2 Å². The molecule has 0 aromatic carbocycles. The first-order valence-electron chi connectivity index (χ1n) is 4.98. The summed E-state index contributed by atoms with van der Waals surface area (Å²) in [5.41, 5.74) is 0. The second-order valence-corrected chi connectivity index (χ2v) is 7.55. The molecule has 0 radical (unpaired) electrons. The van der Waals surface area contributed by atoms with E-state index in [0.717, 1.165) is 21.7 Å². The van der Waals surface area contributed by atoms with E-state index < -0.39 is 16.0 Å². The largest absolute Gasteiger partial charge is 0.477 e. The van der Waals surface area contributed by atoms with Gasteiger partial charge in [-0.15, -0.1) is 11.3 Å². The maximum absolute atomic E-state index is 12.2. The number of aliphatic hydroxyl groups is 1. The number of hydrogen-bond donors (Lipinski definition) is 2. The van der Waals surface area contributed by atoms with Crippen molar-refractivity contribution in [2.24, 2.45) is 0 Å². The first kappa shape index (κ1) is 15.6. The zero-order valence-electron chi connectivity index (χ0n) is 9.46. The monoisotopic (exact) mass is 357 g/mol. The first-order chi connectivity index (χ1) is 8.34. The number of nitrogens with zero attached hydrogens (tertiary/aromatic N) is 1. The highest BCUT2D eigenvalue weighted by molar-refractivity contribution is 9.11.